The summed E-state index contributed by atoms with van der Waals surface area (Å²) in [6.07, 6.45) is 2.88. The third-order valence-corrected chi connectivity index (χ3v) is 6.53. The number of hydrogen-bond donors (Lipinski definition) is 1. The number of sulfonamides is 1. The van der Waals surface area contributed by atoms with E-state index in [0.29, 0.717) is 0 Å². The van der Waals surface area contributed by atoms with Crippen LogP contribution < -0.4 is 11.3 Å². The van der Waals surface area contributed by atoms with Gasteiger partial charge in [0.05, 0.1) is 0 Å². The van der Waals surface area contributed by atoms with Gasteiger partial charge < -0.3 is 19.8 Å². The van der Waals surface area contributed by atoms with E-state index in [1.165, 1.54) is 42.9 Å². The maximum Gasteiger partial charge on any atom is 0.265 e. The van der Waals surface area contributed by atoms with Gasteiger partial charge in [0.15, 0.2) is 0 Å². The Bertz CT molecular complexity index is 1060. The number of piperazine rings is 1. The topological polar surface area (TPSA) is 128 Å². The molecule has 150 valence electrons. The normalized spacial score (nSPS) is 15.5. The van der Waals surface area contributed by atoms with Crippen LogP contribution in [0, 0.1) is 0 Å². The second-order valence-corrected chi connectivity index (χ2v) is 8.43. The highest BCUT2D eigenvalue weighted by molar-refractivity contribution is 7.89. The number of hydrogen-bond acceptors (Lipinski definition) is 5. The monoisotopic (exact) mass is 407 g/mol. The highest BCUT2D eigenvalue weighted by Crippen LogP contribution is 2.20. The van der Waals surface area contributed by atoms with Crippen LogP contribution >= 0.6 is 0 Å². The highest BCUT2D eigenvalue weighted by atomic mass is 32.2. The summed E-state index contributed by atoms with van der Waals surface area (Å²) in [5, 5.41) is 0. The lowest BCUT2D eigenvalue weighted by atomic mass is 10.3. The number of aromatic nitrogens is 2. The van der Waals surface area contributed by atoms with Gasteiger partial charge in [0.1, 0.15) is 17.1 Å². The molecule has 1 aliphatic rings. The van der Waals surface area contributed by atoms with Crippen molar-refractivity contribution < 1.29 is 18.0 Å². The molecule has 0 saturated carbocycles. The number of carbonyl (C=O) groups excluding carboxylic acids is 2. The zero-order valence-electron chi connectivity index (χ0n) is 15.3. The fourth-order valence-electron chi connectivity index (χ4n) is 3.08. The van der Waals surface area contributed by atoms with E-state index in [4.69, 9.17) is 5.73 Å². The first-order valence-electron chi connectivity index (χ1n) is 8.59. The van der Waals surface area contributed by atoms with E-state index in [1.807, 2.05) is 0 Å². The molecule has 0 radical (unpaired) electrons. The van der Waals surface area contributed by atoms with Crippen LogP contribution in [0.25, 0.3) is 0 Å². The van der Waals surface area contributed by atoms with Crippen molar-refractivity contribution in [2.45, 2.75) is 11.4 Å². The minimum absolute atomic E-state index is 0.0144. The molecule has 0 unspecified atom stereocenters. The van der Waals surface area contributed by atoms with Crippen LogP contribution in [0.15, 0.2) is 46.3 Å². The van der Waals surface area contributed by atoms with Gasteiger partial charge in [0.25, 0.3) is 11.5 Å². The maximum atomic E-state index is 12.8. The number of primary amides is 1. The lowest BCUT2D eigenvalue weighted by Crippen LogP contribution is -2.51. The molecule has 0 aliphatic carbocycles. The van der Waals surface area contributed by atoms with E-state index in [2.05, 4.69) is 0 Å². The lowest BCUT2D eigenvalue weighted by molar-refractivity contribution is -0.133. The fourth-order valence-corrected chi connectivity index (χ4v) is 4.58. The van der Waals surface area contributed by atoms with Gasteiger partial charge >= 0.3 is 0 Å². The van der Waals surface area contributed by atoms with Crippen LogP contribution in [-0.4, -0.2) is 64.8 Å². The largest absolute Gasteiger partial charge is 0.364 e. The first-order chi connectivity index (χ1) is 13.2. The SMILES string of the molecule is Cn1cc(S(=O)(=O)N2CCN(C(=O)Cn3ccccc3=O)CC2)cc1C(N)=O. The number of nitrogens with two attached hydrogens (primary N) is 1. The molecule has 1 fully saturated rings. The molecule has 1 saturated heterocycles. The molecule has 10 nitrogen and oxygen atoms in total. The zero-order valence-corrected chi connectivity index (χ0v) is 16.1. The van der Waals surface area contributed by atoms with E-state index in [0.717, 1.165) is 0 Å². The molecule has 2 aromatic heterocycles. The van der Waals surface area contributed by atoms with Crippen LogP contribution in [-0.2, 0) is 28.4 Å². The average Bonchev–Trinajstić information content (AvgIpc) is 3.06. The molecule has 0 spiro atoms. The summed E-state index contributed by atoms with van der Waals surface area (Å²) in [5.74, 6) is -0.961. The van der Waals surface area contributed by atoms with Gasteiger partial charge in [-0.25, -0.2) is 8.42 Å². The van der Waals surface area contributed by atoms with Gasteiger partial charge in [0, 0.05) is 51.7 Å². The predicted molar refractivity (Wildman–Crippen MR) is 100.0 cm³/mol. The van der Waals surface area contributed by atoms with Crippen LogP contribution in [0.4, 0.5) is 0 Å². The van der Waals surface area contributed by atoms with Crippen molar-refractivity contribution in [2.24, 2.45) is 12.8 Å². The molecule has 2 N–H and O–H groups in total. The van der Waals surface area contributed by atoms with E-state index in [-0.39, 0.29) is 54.8 Å². The molecule has 3 heterocycles. The van der Waals surface area contributed by atoms with E-state index >= 15 is 0 Å². The molecule has 1 aliphatic heterocycles. The van der Waals surface area contributed by atoms with Crippen molar-refractivity contribution in [3.63, 3.8) is 0 Å². The summed E-state index contributed by atoms with van der Waals surface area (Å²) in [6, 6.07) is 5.88. The molecule has 11 heteroatoms. The number of nitrogens with zero attached hydrogens (tertiary/aromatic N) is 4. The molecule has 2 aromatic rings. The van der Waals surface area contributed by atoms with Crippen LogP contribution in [0.3, 0.4) is 0 Å². The first-order valence-corrected chi connectivity index (χ1v) is 10.0. The predicted octanol–water partition coefficient (Wildman–Crippen LogP) is -1.18. The third kappa shape index (κ3) is 3.85. The second-order valence-electron chi connectivity index (χ2n) is 6.49. The third-order valence-electron chi connectivity index (χ3n) is 4.67. The zero-order chi connectivity index (χ0) is 20.5. The Morgan fingerprint density at radius 3 is 2.39 bits per heavy atom. The smallest absolute Gasteiger partial charge is 0.265 e. The Hall–Kier alpha value is -2.92. The summed E-state index contributed by atoms with van der Waals surface area (Å²) in [4.78, 5) is 37.0. The highest BCUT2D eigenvalue weighted by Gasteiger charge is 2.31. The Labute approximate surface area is 161 Å². The van der Waals surface area contributed by atoms with Gasteiger partial charge in [0.2, 0.25) is 15.9 Å². The molecule has 0 aromatic carbocycles. The Kier molecular flexibility index (Phi) is 5.38. The van der Waals surface area contributed by atoms with Gasteiger partial charge in [-0.3, -0.25) is 14.4 Å². The van der Waals surface area contributed by atoms with Crippen LogP contribution in [0.1, 0.15) is 10.5 Å². The number of aryl methyl sites for hydroxylation is 1. The summed E-state index contributed by atoms with van der Waals surface area (Å²) in [7, 11) is -2.26. The number of amides is 2. The van der Waals surface area contributed by atoms with Gasteiger partial charge in [-0.1, -0.05) is 6.07 Å². The van der Waals surface area contributed by atoms with Gasteiger partial charge in [-0.15, -0.1) is 0 Å². The number of carbonyl (C=O) groups is 2. The number of rotatable bonds is 5. The summed E-state index contributed by atoms with van der Waals surface area (Å²) in [6.45, 7) is 0.592. The van der Waals surface area contributed by atoms with Crippen LogP contribution in [0.2, 0.25) is 0 Å². The molecule has 2 amide bonds. The average molecular weight is 407 g/mol. The first kappa shape index (κ1) is 19.8. The van der Waals surface area contributed by atoms with E-state index in [1.54, 1.807) is 19.2 Å². The molecule has 28 heavy (non-hydrogen) atoms. The summed E-state index contributed by atoms with van der Waals surface area (Å²) >= 11 is 0. The van der Waals surface area contributed by atoms with Crippen LogP contribution in [0.5, 0.6) is 0 Å². The minimum atomic E-state index is -3.80. The van der Waals surface area contributed by atoms with Crippen molar-refractivity contribution in [3.05, 3.63) is 52.7 Å². The minimum Gasteiger partial charge on any atom is -0.364 e. The number of pyridine rings is 1. The fraction of sp³-hybridized carbons (Fsp3) is 0.353. The van der Waals surface area contributed by atoms with Crippen molar-refractivity contribution in [1.29, 1.82) is 0 Å². The standard InChI is InChI=1S/C17H21N5O5S/c1-19-11-13(10-14(19)17(18)25)28(26,27)22-8-6-20(7-9-22)16(24)12-21-5-3-2-4-15(21)23/h2-5,10-11H,6-9,12H2,1H3,(H2,18,25). The van der Waals surface area contributed by atoms with Crippen molar-refractivity contribution >= 4 is 21.8 Å². The van der Waals surface area contributed by atoms with Crippen molar-refractivity contribution in [1.82, 2.24) is 18.3 Å². The quantitative estimate of drug-likeness (QED) is 0.667. The van der Waals surface area contributed by atoms with Gasteiger partial charge in [-0.2, -0.15) is 4.31 Å². The second kappa shape index (κ2) is 7.60. The maximum absolute atomic E-state index is 12.8. The Morgan fingerprint density at radius 1 is 1.14 bits per heavy atom. The molecule has 0 bridgehead atoms. The lowest BCUT2D eigenvalue weighted by Gasteiger charge is -2.33. The Balaban J connectivity index is 1.67. The molecular formula is C17H21N5O5S. The molecule has 3 rings (SSSR count). The summed E-state index contributed by atoms with van der Waals surface area (Å²) < 4.78 is 29.5. The Morgan fingerprint density at radius 2 is 1.82 bits per heavy atom. The summed E-state index contributed by atoms with van der Waals surface area (Å²) in [5.41, 5.74) is 5.06. The van der Waals surface area contributed by atoms with Crippen molar-refractivity contribution in [2.75, 3.05) is 26.2 Å². The molecule has 0 atom stereocenters. The molecular weight excluding hydrogens is 386 g/mol. The van der Waals surface area contributed by atoms with E-state index in [9.17, 15) is 22.8 Å². The van der Waals surface area contributed by atoms with Crippen molar-refractivity contribution in [3.8, 4) is 0 Å². The van der Waals surface area contributed by atoms with Gasteiger partial charge in [-0.05, 0) is 12.1 Å². The van der Waals surface area contributed by atoms with E-state index < -0.39 is 15.9 Å².